The topological polar surface area (TPSA) is 104 Å². The summed E-state index contributed by atoms with van der Waals surface area (Å²) in [6.45, 7) is 5.93. The van der Waals surface area contributed by atoms with Gasteiger partial charge < -0.3 is 16.2 Å². The zero-order valence-corrected chi connectivity index (χ0v) is 14.5. The van der Waals surface area contributed by atoms with Crippen molar-refractivity contribution in [2.45, 2.75) is 26.9 Å². The van der Waals surface area contributed by atoms with Gasteiger partial charge in [0.05, 0.1) is 15.6 Å². The van der Waals surface area contributed by atoms with E-state index in [9.17, 15) is 4.79 Å². The van der Waals surface area contributed by atoms with Crippen molar-refractivity contribution in [1.29, 1.82) is 0 Å². The van der Waals surface area contributed by atoms with Crippen LogP contribution in [0.2, 0.25) is 0 Å². The summed E-state index contributed by atoms with van der Waals surface area (Å²) >= 11 is 1.62. The van der Waals surface area contributed by atoms with E-state index in [0.717, 1.165) is 32.5 Å². The molecule has 0 saturated carbocycles. The van der Waals surface area contributed by atoms with Crippen LogP contribution in [-0.2, 0) is 0 Å². The summed E-state index contributed by atoms with van der Waals surface area (Å²) in [4.78, 5) is 21.3. The molecule has 1 aliphatic heterocycles. The number of carbonyl (C=O) groups is 1. The van der Waals surface area contributed by atoms with Crippen molar-refractivity contribution >= 4 is 28.8 Å². The number of hydrogen-bond acceptors (Lipinski definition) is 4. The largest absolute Gasteiger partial charge is 0.486 e. The van der Waals surface area contributed by atoms with Crippen LogP contribution >= 0.6 is 11.3 Å². The van der Waals surface area contributed by atoms with E-state index in [4.69, 9.17) is 16.2 Å². The van der Waals surface area contributed by atoms with Crippen molar-refractivity contribution < 1.29 is 9.53 Å². The van der Waals surface area contributed by atoms with E-state index in [1.165, 1.54) is 0 Å². The van der Waals surface area contributed by atoms with Gasteiger partial charge in [-0.1, -0.05) is 0 Å². The fraction of sp³-hybridized carbons (Fsp3) is 0.235. The van der Waals surface area contributed by atoms with Crippen LogP contribution in [0.5, 0.6) is 5.75 Å². The van der Waals surface area contributed by atoms with Gasteiger partial charge in [-0.2, -0.15) is 4.99 Å². The Morgan fingerprint density at radius 1 is 1.33 bits per heavy atom. The third-order valence-electron chi connectivity index (χ3n) is 3.61. The Bertz CT molecular complexity index is 879. The standard InChI is InChI=1S/C17H18N4O2S/c1-8-6-13(15-9(2)20-10(3)24-15)12-7-11(4-5-14(12)23-8)16(22)21-17(18)19/h4-8H,1-3H3,(H4,18,19,21,22). The summed E-state index contributed by atoms with van der Waals surface area (Å²) in [7, 11) is 0. The average Bonchev–Trinajstić information content (AvgIpc) is 2.83. The van der Waals surface area contributed by atoms with Gasteiger partial charge in [0.25, 0.3) is 5.91 Å². The second-order valence-corrected chi connectivity index (χ2v) is 6.81. The van der Waals surface area contributed by atoms with Gasteiger partial charge in [-0.05, 0) is 45.0 Å². The van der Waals surface area contributed by atoms with E-state index in [1.807, 2.05) is 26.8 Å². The van der Waals surface area contributed by atoms with Crippen LogP contribution in [0, 0.1) is 13.8 Å². The molecule has 0 radical (unpaired) electrons. The van der Waals surface area contributed by atoms with Crippen molar-refractivity contribution in [1.82, 2.24) is 4.98 Å². The van der Waals surface area contributed by atoms with Gasteiger partial charge >= 0.3 is 0 Å². The number of carbonyl (C=O) groups excluding carboxylic acids is 1. The molecule has 1 amide bonds. The van der Waals surface area contributed by atoms with Gasteiger partial charge in [-0.3, -0.25) is 4.79 Å². The molecule has 1 atom stereocenters. The fourth-order valence-corrected chi connectivity index (χ4v) is 3.66. The highest BCUT2D eigenvalue weighted by Gasteiger charge is 2.23. The Kier molecular flexibility index (Phi) is 4.11. The molecule has 1 aromatic heterocycles. The van der Waals surface area contributed by atoms with Gasteiger partial charge in [0.1, 0.15) is 11.9 Å². The highest BCUT2D eigenvalue weighted by molar-refractivity contribution is 7.12. The predicted octanol–water partition coefficient (Wildman–Crippen LogP) is 2.39. The summed E-state index contributed by atoms with van der Waals surface area (Å²) in [5, 5.41) is 0.997. The third-order valence-corrected chi connectivity index (χ3v) is 4.72. The zero-order valence-electron chi connectivity index (χ0n) is 13.7. The number of benzene rings is 1. The molecule has 4 N–H and O–H groups in total. The normalized spacial score (nSPS) is 16.0. The van der Waals surface area contributed by atoms with E-state index in [2.05, 4.69) is 9.98 Å². The SMILES string of the molecule is Cc1nc(C)c(C2=CC(C)Oc3ccc(C(=O)N=C(N)N)cc32)s1. The fourth-order valence-electron chi connectivity index (χ4n) is 2.70. The highest BCUT2D eigenvalue weighted by Crippen LogP contribution is 2.39. The molecule has 0 bridgehead atoms. The maximum Gasteiger partial charge on any atom is 0.280 e. The van der Waals surface area contributed by atoms with Gasteiger partial charge in [0, 0.05) is 16.7 Å². The molecule has 2 heterocycles. The van der Waals surface area contributed by atoms with Crippen LogP contribution in [0.3, 0.4) is 0 Å². The van der Waals surface area contributed by atoms with Crippen molar-refractivity contribution in [2.75, 3.05) is 0 Å². The molecule has 7 heteroatoms. The molecule has 124 valence electrons. The molecule has 0 spiro atoms. The lowest BCUT2D eigenvalue weighted by atomic mass is 9.96. The number of fused-ring (bicyclic) bond motifs is 1. The first-order chi connectivity index (χ1) is 11.3. The lowest BCUT2D eigenvalue weighted by Gasteiger charge is -2.23. The second-order valence-electron chi connectivity index (χ2n) is 5.60. The van der Waals surface area contributed by atoms with Crippen LogP contribution in [0.25, 0.3) is 5.57 Å². The Morgan fingerprint density at radius 2 is 2.08 bits per heavy atom. The van der Waals surface area contributed by atoms with Crippen molar-refractivity contribution in [2.24, 2.45) is 16.5 Å². The average molecular weight is 342 g/mol. The summed E-state index contributed by atoms with van der Waals surface area (Å²) < 4.78 is 5.86. The maximum absolute atomic E-state index is 12.1. The van der Waals surface area contributed by atoms with Crippen LogP contribution in [0.1, 0.15) is 38.4 Å². The Morgan fingerprint density at radius 3 is 2.71 bits per heavy atom. The van der Waals surface area contributed by atoms with Gasteiger partial charge in [0.15, 0.2) is 5.96 Å². The Balaban J connectivity index is 2.12. The first-order valence-electron chi connectivity index (χ1n) is 7.46. The molecular weight excluding hydrogens is 324 g/mol. The smallest absolute Gasteiger partial charge is 0.280 e. The minimum absolute atomic E-state index is 0.0615. The monoisotopic (exact) mass is 342 g/mol. The summed E-state index contributed by atoms with van der Waals surface area (Å²) in [5.41, 5.74) is 13.8. The van der Waals surface area contributed by atoms with Crippen molar-refractivity contribution in [3.05, 3.63) is 51.0 Å². The van der Waals surface area contributed by atoms with E-state index in [0.29, 0.717) is 5.56 Å². The molecule has 6 nitrogen and oxygen atoms in total. The molecule has 1 aliphatic rings. The van der Waals surface area contributed by atoms with Crippen LogP contribution in [-0.4, -0.2) is 23.0 Å². The number of aryl methyl sites for hydroxylation is 2. The zero-order chi connectivity index (χ0) is 17.4. The number of thiazole rings is 1. The molecule has 2 aromatic rings. The molecular formula is C17H18N4O2S. The van der Waals surface area contributed by atoms with Crippen LogP contribution < -0.4 is 16.2 Å². The van der Waals surface area contributed by atoms with Gasteiger partial charge in [0.2, 0.25) is 0 Å². The second kappa shape index (κ2) is 6.09. The highest BCUT2D eigenvalue weighted by atomic mass is 32.1. The summed E-state index contributed by atoms with van der Waals surface area (Å²) in [5.74, 6) is -0.00744. The lowest BCUT2D eigenvalue weighted by molar-refractivity contribution is 0.100. The van der Waals surface area contributed by atoms with Gasteiger partial charge in [-0.25, -0.2) is 4.98 Å². The molecule has 24 heavy (non-hydrogen) atoms. The van der Waals surface area contributed by atoms with E-state index < -0.39 is 5.91 Å². The van der Waals surface area contributed by atoms with Crippen molar-refractivity contribution in [3.63, 3.8) is 0 Å². The Hall–Kier alpha value is -2.67. The van der Waals surface area contributed by atoms with Crippen molar-refractivity contribution in [3.8, 4) is 5.75 Å². The molecule has 0 aliphatic carbocycles. The molecule has 1 aromatic carbocycles. The molecule has 0 saturated heterocycles. The molecule has 3 rings (SSSR count). The van der Waals surface area contributed by atoms with E-state index in [-0.39, 0.29) is 12.1 Å². The number of aliphatic imine (C=N–C) groups is 1. The minimum Gasteiger partial charge on any atom is -0.486 e. The number of ether oxygens (including phenoxy) is 1. The number of amides is 1. The van der Waals surface area contributed by atoms with E-state index >= 15 is 0 Å². The quantitative estimate of drug-likeness (QED) is 0.644. The Labute approximate surface area is 143 Å². The first kappa shape index (κ1) is 16.2. The third kappa shape index (κ3) is 3.03. The number of nitrogens with zero attached hydrogens (tertiary/aromatic N) is 2. The maximum atomic E-state index is 12.1. The lowest BCUT2D eigenvalue weighted by Crippen LogP contribution is -2.24. The molecule has 0 fully saturated rings. The number of aromatic nitrogens is 1. The van der Waals surface area contributed by atoms with E-state index in [1.54, 1.807) is 29.5 Å². The van der Waals surface area contributed by atoms with Crippen LogP contribution in [0.15, 0.2) is 29.3 Å². The predicted molar refractivity (Wildman–Crippen MR) is 95.3 cm³/mol. The first-order valence-corrected chi connectivity index (χ1v) is 8.28. The summed E-state index contributed by atoms with van der Waals surface area (Å²) in [6.07, 6.45) is 1.98. The number of hydrogen-bond donors (Lipinski definition) is 2. The van der Waals surface area contributed by atoms with Gasteiger partial charge in [-0.15, -0.1) is 11.3 Å². The molecule has 1 unspecified atom stereocenters. The minimum atomic E-state index is -0.479. The summed E-state index contributed by atoms with van der Waals surface area (Å²) in [6, 6.07) is 5.20. The van der Waals surface area contributed by atoms with Crippen LogP contribution in [0.4, 0.5) is 0 Å². The number of nitrogens with two attached hydrogens (primary N) is 2. The number of guanidine groups is 1. The number of rotatable bonds is 2.